The largest absolute Gasteiger partial charge is 0.375 e. The number of fused-ring (bicyclic) bond motifs is 1. The molecule has 0 saturated carbocycles. The molecule has 1 aliphatic heterocycles. The molecule has 1 aliphatic rings. The lowest BCUT2D eigenvalue weighted by Crippen LogP contribution is -2.37. The van der Waals surface area contributed by atoms with E-state index in [4.69, 9.17) is 16.3 Å². The van der Waals surface area contributed by atoms with Crippen LogP contribution in [0, 0.1) is 0 Å². The minimum Gasteiger partial charge on any atom is -0.375 e. The first-order valence-corrected chi connectivity index (χ1v) is 8.46. The molecule has 0 aliphatic carbocycles. The SMILES string of the molecule is COCC(=O)N1CCCc2cc(NC(=O)c3ccccc3Cl)ccc21. The molecule has 0 bridgehead atoms. The molecule has 0 atom stereocenters. The molecular formula is C19H19ClN2O3. The number of benzene rings is 2. The highest BCUT2D eigenvalue weighted by molar-refractivity contribution is 6.34. The summed E-state index contributed by atoms with van der Waals surface area (Å²) in [5.41, 5.74) is 3.03. The first-order chi connectivity index (χ1) is 12.1. The minimum absolute atomic E-state index is 0.0590. The van der Waals surface area contributed by atoms with Gasteiger partial charge in [-0.05, 0) is 48.7 Å². The Balaban J connectivity index is 1.80. The van der Waals surface area contributed by atoms with E-state index in [1.807, 2.05) is 12.1 Å². The molecule has 3 rings (SSSR count). The monoisotopic (exact) mass is 358 g/mol. The Labute approximate surface area is 151 Å². The highest BCUT2D eigenvalue weighted by atomic mass is 35.5. The van der Waals surface area contributed by atoms with Crippen molar-refractivity contribution in [2.24, 2.45) is 0 Å². The number of nitrogens with zero attached hydrogens (tertiary/aromatic N) is 1. The third-order valence-corrected chi connectivity index (χ3v) is 4.47. The molecule has 0 spiro atoms. The van der Waals surface area contributed by atoms with Crippen molar-refractivity contribution in [1.82, 2.24) is 0 Å². The van der Waals surface area contributed by atoms with E-state index >= 15 is 0 Å². The maximum absolute atomic E-state index is 12.4. The van der Waals surface area contributed by atoms with Gasteiger partial charge in [-0.2, -0.15) is 0 Å². The lowest BCUT2D eigenvalue weighted by molar-refractivity contribution is -0.122. The van der Waals surface area contributed by atoms with Crippen molar-refractivity contribution in [3.8, 4) is 0 Å². The summed E-state index contributed by atoms with van der Waals surface area (Å²) in [7, 11) is 1.51. The summed E-state index contributed by atoms with van der Waals surface area (Å²) < 4.78 is 4.95. The average Bonchev–Trinajstić information content (AvgIpc) is 2.61. The molecule has 2 aromatic carbocycles. The van der Waals surface area contributed by atoms with Crippen LogP contribution in [0.1, 0.15) is 22.3 Å². The van der Waals surface area contributed by atoms with E-state index in [0.717, 1.165) is 24.1 Å². The standard InChI is InChI=1S/C19H19ClN2O3/c1-25-12-18(23)22-10-4-5-13-11-14(8-9-17(13)22)21-19(24)15-6-2-3-7-16(15)20/h2-3,6-9,11H,4-5,10,12H2,1H3,(H,21,24). The third kappa shape index (κ3) is 3.83. The second-order valence-electron chi connectivity index (χ2n) is 5.86. The van der Waals surface area contributed by atoms with E-state index in [0.29, 0.717) is 22.8 Å². The molecule has 0 fully saturated rings. The van der Waals surface area contributed by atoms with Gasteiger partial charge in [-0.15, -0.1) is 0 Å². The molecular weight excluding hydrogens is 340 g/mol. The van der Waals surface area contributed by atoms with Crippen LogP contribution >= 0.6 is 11.6 Å². The van der Waals surface area contributed by atoms with Crippen LogP contribution in [-0.2, 0) is 16.0 Å². The fraction of sp³-hybridized carbons (Fsp3) is 0.263. The zero-order valence-electron chi connectivity index (χ0n) is 13.9. The lowest BCUT2D eigenvalue weighted by atomic mass is 10.0. The molecule has 130 valence electrons. The molecule has 0 saturated heterocycles. The Kier molecular flexibility index (Phi) is 5.36. The molecule has 0 unspecified atom stereocenters. The van der Waals surface area contributed by atoms with Crippen molar-refractivity contribution in [2.75, 3.05) is 30.5 Å². The number of hydrogen-bond acceptors (Lipinski definition) is 3. The van der Waals surface area contributed by atoms with Gasteiger partial charge in [0.1, 0.15) is 6.61 Å². The first kappa shape index (κ1) is 17.5. The number of rotatable bonds is 4. The Morgan fingerprint density at radius 3 is 2.80 bits per heavy atom. The predicted octanol–water partition coefficient (Wildman–Crippen LogP) is 3.52. The van der Waals surface area contributed by atoms with Crippen molar-refractivity contribution in [1.29, 1.82) is 0 Å². The normalized spacial score (nSPS) is 13.3. The van der Waals surface area contributed by atoms with E-state index in [1.165, 1.54) is 7.11 Å². The van der Waals surface area contributed by atoms with E-state index in [9.17, 15) is 9.59 Å². The van der Waals surface area contributed by atoms with Crippen LogP contribution in [0.2, 0.25) is 5.02 Å². The quantitative estimate of drug-likeness (QED) is 0.909. The molecule has 0 radical (unpaired) electrons. The van der Waals surface area contributed by atoms with Crippen molar-refractivity contribution in [3.05, 3.63) is 58.6 Å². The van der Waals surface area contributed by atoms with Crippen LogP contribution in [0.15, 0.2) is 42.5 Å². The van der Waals surface area contributed by atoms with Crippen LogP contribution in [-0.4, -0.2) is 32.1 Å². The lowest BCUT2D eigenvalue weighted by Gasteiger charge is -2.29. The van der Waals surface area contributed by atoms with E-state index in [2.05, 4.69) is 5.32 Å². The zero-order valence-corrected chi connectivity index (χ0v) is 14.7. The molecule has 0 aromatic heterocycles. The van der Waals surface area contributed by atoms with Crippen LogP contribution in [0.5, 0.6) is 0 Å². The summed E-state index contributed by atoms with van der Waals surface area (Å²) in [5.74, 6) is -0.315. The smallest absolute Gasteiger partial charge is 0.257 e. The van der Waals surface area contributed by atoms with Gasteiger partial charge >= 0.3 is 0 Å². The van der Waals surface area contributed by atoms with Gasteiger partial charge in [0.05, 0.1) is 10.6 Å². The molecule has 2 amide bonds. The van der Waals surface area contributed by atoms with E-state index in [1.54, 1.807) is 35.2 Å². The van der Waals surface area contributed by atoms with E-state index < -0.39 is 0 Å². The minimum atomic E-state index is -0.256. The van der Waals surface area contributed by atoms with Crippen LogP contribution in [0.4, 0.5) is 11.4 Å². The first-order valence-electron chi connectivity index (χ1n) is 8.08. The van der Waals surface area contributed by atoms with Crippen molar-refractivity contribution in [3.63, 3.8) is 0 Å². The molecule has 25 heavy (non-hydrogen) atoms. The van der Waals surface area contributed by atoms with Crippen LogP contribution in [0.3, 0.4) is 0 Å². The number of hydrogen-bond donors (Lipinski definition) is 1. The van der Waals surface area contributed by atoms with Crippen LogP contribution in [0.25, 0.3) is 0 Å². The summed E-state index contributed by atoms with van der Waals surface area (Å²) in [5, 5.41) is 3.28. The maximum Gasteiger partial charge on any atom is 0.257 e. The highest BCUT2D eigenvalue weighted by Crippen LogP contribution is 2.30. The third-order valence-electron chi connectivity index (χ3n) is 4.14. The molecule has 2 aromatic rings. The van der Waals surface area contributed by atoms with Gasteiger partial charge in [-0.25, -0.2) is 0 Å². The number of amides is 2. The molecule has 1 heterocycles. The van der Waals surface area contributed by atoms with Gasteiger partial charge in [-0.3, -0.25) is 9.59 Å². The fourth-order valence-corrected chi connectivity index (χ4v) is 3.20. The van der Waals surface area contributed by atoms with Gasteiger partial charge in [0.15, 0.2) is 0 Å². The van der Waals surface area contributed by atoms with Gasteiger partial charge in [0, 0.05) is 25.0 Å². The summed E-state index contributed by atoms with van der Waals surface area (Å²) in [6, 6.07) is 12.5. The molecule has 1 N–H and O–H groups in total. The Morgan fingerprint density at radius 1 is 1.24 bits per heavy atom. The Bertz CT molecular complexity index is 807. The summed E-state index contributed by atoms with van der Waals surface area (Å²) in [4.78, 5) is 26.3. The van der Waals surface area contributed by atoms with E-state index in [-0.39, 0.29) is 18.4 Å². The topological polar surface area (TPSA) is 58.6 Å². The van der Waals surface area contributed by atoms with Crippen molar-refractivity contribution < 1.29 is 14.3 Å². The number of anilines is 2. The Morgan fingerprint density at radius 2 is 2.04 bits per heavy atom. The van der Waals surface area contributed by atoms with Gasteiger partial charge in [0.25, 0.3) is 11.8 Å². The Hall–Kier alpha value is -2.37. The number of halogens is 1. The average molecular weight is 359 g/mol. The predicted molar refractivity (Wildman–Crippen MR) is 98.4 cm³/mol. The molecule has 5 nitrogen and oxygen atoms in total. The van der Waals surface area contributed by atoms with Crippen LogP contribution < -0.4 is 10.2 Å². The maximum atomic E-state index is 12.4. The number of ether oxygens (including phenoxy) is 1. The van der Waals surface area contributed by atoms with Gasteiger partial charge < -0.3 is 15.0 Å². The summed E-state index contributed by atoms with van der Waals surface area (Å²) in [6.45, 7) is 0.741. The van der Waals surface area contributed by atoms with Crippen molar-refractivity contribution >= 4 is 34.8 Å². The number of methoxy groups -OCH3 is 1. The van der Waals surface area contributed by atoms with Crippen molar-refractivity contribution in [2.45, 2.75) is 12.8 Å². The van der Waals surface area contributed by atoms with Gasteiger partial charge in [0.2, 0.25) is 0 Å². The fourth-order valence-electron chi connectivity index (χ4n) is 2.98. The summed E-state index contributed by atoms with van der Waals surface area (Å²) >= 11 is 6.07. The number of carbonyl (C=O) groups excluding carboxylic acids is 2. The highest BCUT2D eigenvalue weighted by Gasteiger charge is 2.22. The molecule has 6 heteroatoms. The second kappa shape index (κ2) is 7.68. The van der Waals surface area contributed by atoms with Gasteiger partial charge in [-0.1, -0.05) is 23.7 Å². The summed E-state index contributed by atoms with van der Waals surface area (Å²) in [6.07, 6.45) is 1.74. The number of aryl methyl sites for hydroxylation is 1. The number of carbonyl (C=O) groups is 2. The zero-order chi connectivity index (χ0) is 17.8. The second-order valence-corrected chi connectivity index (χ2v) is 6.27. The number of nitrogens with one attached hydrogen (secondary N) is 1.